The molecule has 1 unspecified atom stereocenters. The van der Waals surface area contributed by atoms with Gasteiger partial charge >= 0.3 is 41.7 Å². The lowest BCUT2D eigenvalue weighted by molar-refractivity contribution is -0.455. The second-order valence-corrected chi connectivity index (χ2v) is 7.55. The molecule has 1 atom stereocenters. The summed E-state index contributed by atoms with van der Waals surface area (Å²) in [7, 11) is -7.23. The van der Waals surface area contributed by atoms with Gasteiger partial charge in [0.25, 0.3) is 15.0 Å². The molecule has 192 valence electrons. The van der Waals surface area contributed by atoms with Crippen molar-refractivity contribution in [1.29, 1.82) is 0 Å². The summed E-state index contributed by atoms with van der Waals surface area (Å²) in [6, 6.07) is 0. The Kier molecular flexibility index (Phi) is 7.38. The zero-order valence-electron chi connectivity index (χ0n) is 14.1. The molecule has 0 spiro atoms. The topological polar surface area (TPSA) is 46.2 Å². The van der Waals surface area contributed by atoms with Crippen molar-refractivity contribution in [3.8, 4) is 0 Å². The normalized spacial score (nSPS) is 17.8. The van der Waals surface area contributed by atoms with Gasteiger partial charge in [0.15, 0.2) is 0 Å². The summed E-state index contributed by atoms with van der Waals surface area (Å²) in [5.74, 6) is -50.7. The Balaban J connectivity index is 7.14. The van der Waals surface area contributed by atoms with Crippen molar-refractivity contribution < 1.29 is 83.1 Å². The fraction of sp³-hybridized carbons (Fsp3) is 0.818. The molecule has 0 aliphatic rings. The number of sulfonamides is 1. The van der Waals surface area contributed by atoms with Crippen molar-refractivity contribution >= 4 is 10.0 Å². The molecule has 0 aromatic heterocycles. The fourth-order valence-electron chi connectivity index (χ4n) is 1.85. The molecule has 0 aliphatic carbocycles. The highest BCUT2D eigenvalue weighted by atomic mass is 32.2. The van der Waals surface area contributed by atoms with E-state index in [1.807, 2.05) is 0 Å². The van der Waals surface area contributed by atoms with Gasteiger partial charge in [0.1, 0.15) is 0 Å². The maximum absolute atomic E-state index is 14.2. The number of alkyl halides is 16. The first kappa shape index (κ1) is 30.5. The van der Waals surface area contributed by atoms with Crippen molar-refractivity contribution in [2.45, 2.75) is 53.1 Å². The number of allylic oxidation sites excluding steroid dienone is 1. The van der Waals surface area contributed by atoms with Crippen LogP contribution in [0.15, 0.2) is 12.7 Å². The largest absolute Gasteiger partial charge is 0.460 e. The van der Waals surface area contributed by atoms with Gasteiger partial charge in [-0.25, -0.2) is 12.8 Å². The van der Waals surface area contributed by atoms with Crippen LogP contribution < -0.4 is 4.94 Å². The molecule has 32 heavy (non-hydrogen) atoms. The molecule has 0 saturated heterocycles. The van der Waals surface area contributed by atoms with Crippen molar-refractivity contribution in [1.82, 2.24) is 4.94 Å². The first-order valence-corrected chi connectivity index (χ1v) is 8.36. The molecule has 0 fully saturated rings. The van der Waals surface area contributed by atoms with Crippen LogP contribution in [-0.4, -0.2) is 55.1 Å². The maximum atomic E-state index is 14.2. The summed E-state index contributed by atoms with van der Waals surface area (Å²) < 4.78 is 244. The number of nitrogens with one attached hydrogen (secondary N) is 1. The molecule has 0 aromatic rings. The van der Waals surface area contributed by atoms with Gasteiger partial charge in [-0.15, -0.1) is 11.1 Å². The molecule has 0 amide bonds. The van der Waals surface area contributed by atoms with Crippen LogP contribution in [0.1, 0.15) is 6.42 Å². The predicted molar refractivity (Wildman–Crippen MR) is 67.6 cm³/mol. The minimum absolute atomic E-state index is 0.457. The fourth-order valence-corrected chi connectivity index (χ4v) is 2.78. The van der Waals surface area contributed by atoms with E-state index in [0.29, 0.717) is 0 Å². The van der Waals surface area contributed by atoms with Gasteiger partial charge < -0.3 is 0 Å². The lowest BCUT2D eigenvalue weighted by Gasteiger charge is -2.43. The molecule has 0 rings (SSSR count). The van der Waals surface area contributed by atoms with E-state index in [0.717, 1.165) is 0 Å². The van der Waals surface area contributed by atoms with Gasteiger partial charge in [0.05, 0.1) is 0 Å². The molecule has 3 nitrogen and oxygen atoms in total. The Morgan fingerprint density at radius 1 is 0.594 bits per heavy atom. The Labute approximate surface area is 165 Å². The minimum atomic E-state index is -8.76. The van der Waals surface area contributed by atoms with Gasteiger partial charge in [-0.3, -0.25) is 0 Å². The maximum Gasteiger partial charge on any atom is 0.460 e. The summed E-state index contributed by atoms with van der Waals surface area (Å²) in [6.45, 7) is 2.29. The number of rotatable bonds is 10. The second-order valence-electron chi connectivity index (χ2n) is 5.75. The summed E-state index contributed by atoms with van der Waals surface area (Å²) in [6.07, 6.45) is -11.1. The van der Waals surface area contributed by atoms with Crippen molar-refractivity contribution in [2.24, 2.45) is 0 Å². The molecule has 0 radical (unpaired) electrons. The SMILES string of the molecule is C=CCC(F)(C(F)(F)C(F)(F)C(F)(F)C(F)(F)C(F)(F)C(F)(F)C(F)(F)F)S(=O)(=O)NF. The average Bonchev–Trinajstić information content (AvgIpc) is 2.59. The molecule has 21 heteroatoms. The monoisotopic (exact) mass is 539 g/mol. The van der Waals surface area contributed by atoms with E-state index < -0.39 is 74.2 Å². The van der Waals surface area contributed by atoms with Gasteiger partial charge in [-0.1, -0.05) is 6.08 Å². The predicted octanol–water partition coefficient (Wildman–Crippen LogP) is 5.41. The molecular formula is C11H6F17NO2S. The van der Waals surface area contributed by atoms with Crippen LogP contribution in [0.5, 0.6) is 0 Å². The number of hydrogen-bond acceptors (Lipinski definition) is 2. The van der Waals surface area contributed by atoms with E-state index >= 15 is 0 Å². The van der Waals surface area contributed by atoms with Crippen LogP contribution in [0.2, 0.25) is 0 Å². The van der Waals surface area contributed by atoms with Crippen LogP contribution in [-0.2, 0) is 10.0 Å². The van der Waals surface area contributed by atoms with Crippen molar-refractivity contribution in [2.75, 3.05) is 0 Å². The Morgan fingerprint density at radius 2 is 0.875 bits per heavy atom. The Bertz CT molecular complexity index is 817. The highest BCUT2D eigenvalue weighted by molar-refractivity contribution is 7.90. The molecule has 0 aromatic carbocycles. The van der Waals surface area contributed by atoms with Crippen molar-refractivity contribution in [3.05, 3.63) is 12.7 Å². The molecule has 0 bridgehead atoms. The number of hydrogen-bond donors (Lipinski definition) is 1. The van der Waals surface area contributed by atoms with Crippen LogP contribution in [0.4, 0.5) is 74.7 Å². The highest BCUT2D eigenvalue weighted by Gasteiger charge is 2.95. The molecular weight excluding hydrogens is 533 g/mol. The standard InChI is InChI=1S/C11H6F17NO2S/c1-2-3-4(12,32(30,31)29-28)5(13,14)6(15,16)7(17,18)8(19,20)9(21,22)10(23,24)11(25,26)27/h2,29H,1,3H2. The van der Waals surface area contributed by atoms with Gasteiger partial charge in [0, 0.05) is 6.42 Å². The first-order valence-electron chi connectivity index (χ1n) is 6.87. The van der Waals surface area contributed by atoms with Crippen LogP contribution in [0.3, 0.4) is 0 Å². The van der Waals surface area contributed by atoms with Gasteiger partial charge in [-0.2, -0.15) is 65.9 Å². The van der Waals surface area contributed by atoms with Gasteiger partial charge in [-0.05, 0) is 4.94 Å². The van der Waals surface area contributed by atoms with Crippen LogP contribution in [0.25, 0.3) is 0 Å². The molecule has 0 aliphatic heterocycles. The first-order chi connectivity index (χ1) is 13.6. The highest BCUT2D eigenvalue weighted by Crippen LogP contribution is 2.64. The van der Waals surface area contributed by atoms with E-state index in [1.165, 1.54) is 0 Å². The lowest BCUT2D eigenvalue weighted by Crippen LogP contribution is -2.75. The lowest BCUT2D eigenvalue weighted by atomic mass is 9.89. The smallest absolute Gasteiger partial charge is 0.217 e. The van der Waals surface area contributed by atoms with E-state index in [2.05, 4.69) is 6.58 Å². The zero-order chi connectivity index (χ0) is 26.6. The minimum Gasteiger partial charge on any atom is -0.217 e. The Hall–Kier alpha value is -1.54. The molecule has 0 saturated carbocycles. The number of halogens is 17. The third kappa shape index (κ3) is 3.58. The van der Waals surface area contributed by atoms with Crippen LogP contribution in [0, 0.1) is 0 Å². The van der Waals surface area contributed by atoms with E-state index in [4.69, 9.17) is 0 Å². The second kappa shape index (κ2) is 7.76. The average molecular weight is 539 g/mol. The zero-order valence-corrected chi connectivity index (χ0v) is 15.0. The quantitative estimate of drug-likeness (QED) is 0.230. The third-order valence-electron chi connectivity index (χ3n) is 3.73. The van der Waals surface area contributed by atoms with E-state index in [1.54, 1.807) is 0 Å². The summed E-state index contributed by atoms with van der Waals surface area (Å²) in [5, 5.41) is -6.44. The van der Waals surface area contributed by atoms with E-state index in [9.17, 15) is 83.1 Å². The third-order valence-corrected chi connectivity index (χ3v) is 5.21. The summed E-state index contributed by atoms with van der Waals surface area (Å²) >= 11 is 0. The van der Waals surface area contributed by atoms with Crippen LogP contribution >= 0.6 is 0 Å². The Morgan fingerprint density at radius 3 is 1.12 bits per heavy atom. The van der Waals surface area contributed by atoms with E-state index in [-0.39, 0.29) is 0 Å². The summed E-state index contributed by atoms with van der Waals surface area (Å²) in [5.41, 5.74) is 0. The molecule has 1 N–H and O–H groups in total. The molecule has 0 heterocycles. The summed E-state index contributed by atoms with van der Waals surface area (Å²) in [4.78, 5) is -0.904. The van der Waals surface area contributed by atoms with Crippen molar-refractivity contribution in [3.63, 3.8) is 0 Å². The van der Waals surface area contributed by atoms with Gasteiger partial charge in [0.2, 0.25) is 0 Å².